The molecule has 8 heteroatoms. The Balaban J connectivity index is 1.88. The van der Waals surface area contributed by atoms with E-state index < -0.39 is 12.0 Å². The number of nitrogens with zero attached hydrogens (tertiary/aromatic N) is 2. The summed E-state index contributed by atoms with van der Waals surface area (Å²) in [6, 6.07) is 13.1. The van der Waals surface area contributed by atoms with Gasteiger partial charge in [0.2, 0.25) is 0 Å². The van der Waals surface area contributed by atoms with Crippen LogP contribution >= 0.6 is 11.3 Å². The van der Waals surface area contributed by atoms with Crippen molar-refractivity contribution in [1.82, 2.24) is 4.57 Å². The van der Waals surface area contributed by atoms with Gasteiger partial charge in [0.15, 0.2) is 4.80 Å². The molecule has 0 spiro atoms. The van der Waals surface area contributed by atoms with Crippen molar-refractivity contribution < 1.29 is 19.4 Å². The number of ether oxygens (including phenoxy) is 2. The van der Waals surface area contributed by atoms with E-state index in [4.69, 9.17) is 9.47 Å². The monoisotopic (exact) mass is 476 g/mol. The van der Waals surface area contributed by atoms with Crippen LogP contribution in [0.2, 0.25) is 0 Å². The summed E-state index contributed by atoms with van der Waals surface area (Å²) in [7, 11) is 0. The predicted octanol–water partition coefficient (Wildman–Crippen LogP) is 3.07. The van der Waals surface area contributed by atoms with E-state index in [9.17, 15) is 14.7 Å². The normalized spacial score (nSPS) is 15.5. The molecule has 0 unspecified atom stereocenters. The fraction of sp³-hybridized carbons (Fsp3) is 0.192. The second kappa shape index (κ2) is 9.93. The molecular formula is C26H24N2O5S. The molecule has 2 aromatic carbocycles. The fourth-order valence-electron chi connectivity index (χ4n) is 3.73. The zero-order chi connectivity index (χ0) is 24.2. The van der Waals surface area contributed by atoms with Gasteiger partial charge in [-0.2, -0.15) is 0 Å². The third kappa shape index (κ3) is 4.58. The van der Waals surface area contributed by atoms with Gasteiger partial charge in [0.1, 0.15) is 18.1 Å². The van der Waals surface area contributed by atoms with Crippen molar-refractivity contribution in [3.05, 3.63) is 103 Å². The quantitative estimate of drug-likeness (QED) is 0.418. The summed E-state index contributed by atoms with van der Waals surface area (Å²) in [6.07, 6.45) is 3.40. The number of hydrogen-bond donors (Lipinski definition) is 1. The molecule has 1 aromatic heterocycles. The van der Waals surface area contributed by atoms with Gasteiger partial charge in [-0.3, -0.25) is 9.36 Å². The first-order chi connectivity index (χ1) is 16.4. The van der Waals surface area contributed by atoms with E-state index >= 15 is 0 Å². The van der Waals surface area contributed by atoms with Crippen LogP contribution in [0, 0.1) is 0 Å². The van der Waals surface area contributed by atoms with Crippen molar-refractivity contribution in [3.8, 4) is 11.5 Å². The smallest absolute Gasteiger partial charge is 0.338 e. The van der Waals surface area contributed by atoms with E-state index in [-0.39, 0.29) is 17.9 Å². The molecule has 0 fully saturated rings. The maximum absolute atomic E-state index is 13.5. The molecule has 0 saturated heterocycles. The first-order valence-electron chi connectivity index (χ1n) is 10.7. The summed E-state index contributed by atoms with van der Waals surface area (Å²) < 4.78 is 12.9. The van der Waals surface area contributed by atoms with Crippen LogP contribution in [0.4, 0.5) is 0 Å². The summed E-state index contributed by atoms with van der Waals surface area (Å²) in [4.78, 5) is 31.5. The van der Waals surface area contributed by atoms with Gasteiger partial charge in [-0.05, 0) is 55.3 Å². The van der Waals surface area contributed by atoms with Gasteiger partial charge >= 0.3 is 5.97 Å². The number of benzene rings is 2. The number of thiazole rings is 1. The second-order valence-electron chi connectivity index (χ2n) is 7.56. The summed E-state index contributed by atoms with van der Waals surface area (Å²) in [6.45, 7) is 7.72. The van der Waals surface area contributed by atoms with Gasteiger partial charge in [0, 0.05) is 0 Å². The lowest BCUT2D eigenvalue weighted by molar-refractivity contribution is -0.139. The van der Waals surface area contributed by atoms with Crippen LogP contribution in [0.1, 0.15) is 31.0 Å². The van der Waals surface area contributed by atoms with E-state index in [0.29, 0.717) is 33.0 Å². The molecule has 1 aliphatic heterocycles. The van der Waals surface area contributed by atoms with Crippen molar-refractivity contribution in [2.75, 3.05) is 13.2 Å². The molecule has 1 N–H and O–H groups in total. The summed E-state index contributed by atoms with van der Waals surface area (Å²) in [5.41, 5.74) is 2.08. The molecule has 4 rings (SSSR count). The third-order valence-corrected chi connectivity index (χ3v) is 6.25. The maximum atomic E-state index is 13.5. The molecule has 2 heterocycles. The Bertz CT molecular complexity index is 1430. The van der Waals surface area contributed by atoms with Crippen molar-refractivity contribution >= 4 is 23.4 Å². The van der Waals surface area contributed by atoms with Crippen molar-refractivity contribution in [3.63, 3.8) is 0 Å². The molecule has 3 aromatic rings. The number of aromatic nitrogens is 1. The molecule has 34 heavy (non-hydrogen) atoms. The Morgan fingerprint density at radius 1 is 1.21 bits per heavy atom. The Morgan fingerprint density at radius 2 is 1.91 bits per heavy atom. The third-order valence-electron chi connectivity index (χ3n) is 5.27. The summed E-state index contributed by atoms with van der Waals surface area (Å²) >= 11 is 1.25. The molecule has 1 aliphatic rings. The topological polar surface area (TPSA) is 90.1 Å². The number of allylic oxidation sites excluding steroid dienone is 1. The maximum Gasteiger partial charge on any atom is 0.338 e. The van der Waals surface area contributed by atoms with Crippen molar-refractivity contribution in [2.24, 2.45) is 4.99 Å². The van der Waals surface area contributed by atoms with Crippen LogP contribution in [-0.4, -0.2) is 28.9 Å². The SMILES string of the molecule is C=CCOc1ccc([C@@H]2C(C(=O)OCC)=C(C)N=c3s/c(=C\c4ccc(O)cc4)c(=O)n32)cc1. The number of fused-ring (bicyclic) bond motifs is 1. The summed E-state index contributed by atoms with van der Waals surface area (Å²) in [5, 5.41) is 9.54. The van der Waals surface area contributed by atoms with Crippen LogP contribution in [0.3, 0.4) is 0 Å². The molecule has 1 atom stereocenters. The molecule has 174 valence electrons. The van der Waals surface area contributed by atoms with Crippen LogP contribution < -0.4 is 19.6 Å². The zero-order valence-corrected chi connectivity index (χ0v) is 19.7. The number of phenolic OH excluding ortho intramolecular Hbond substituents is 1. The standard InChI is InChI=1S/C26H24N2O5S/c1-4-14-33-20-12-8-18(9-13-20)23-22(25(31)32-5-2)16(3)27-26-28(23)24(30)21(34-26)15-17-6-10-19(29)11-7-17/h4,6-13,15,23,29H,1,5,14H2,2-3H3/b21-15-/t23-/m1/s1. The lowest BCUT2D eigenvalue weighted by Crippen LogP contribution is -2.39. The Labute approximate surface area is 200 Å². The Morgan fingerprint density at radius 3 is 2.56 bits per heavy atom. The number of rotatable bonds is 7. The molecule has 0 saturated carbocycles. The van der Waals surface area contributed by atoms with Gasteiger partial charge < -0.3 is 14.6 Å². The molecular weight excluding hydrogens is 452 g/mol. The average Bonchev–Trinajstić information content (AvgIpc) is 3.13. The number of phenols is 1. The van der Waals surface area contributed by atoms with Gasteiger partial charge in [-0.1, -0.05) is 48.3 Å². The first-order valence-corrected chi connectivity index (χ1v) is 11.6. The molecule has 0 aliphatic carbocycles. The van der Waals surface area contributed by atoms with E-state index in [1.165, 1.54) is 15.9 Å². The number of hydrogen-bond acceptors (Lipinski definition) is 7. The predicted molar refractivity (Wildman–Crippen MR) is 131 cm³/mol. The fourth-order valence-corrected chi connectivity index (χ4v) is 4.78. The highest BCUT2D eigenvalue weighted by atomic mass is 32.1. The average molecular weight is 477 g/mol. The van der Waals surface area contributed by atoms with Crippen LogP contribution in [0.5, 0.6) is 11.5 Å². The Kier molecular flexibility index (Phi) is 6.79. The zero-order valence-electron chi connectivity index (χ0n) is 18.9. The second-order valence-corrected chi connectivity index (χ2v) is 8.57. The van der Waals surface area contributed by atoms with Gasteiger partial charge in [0.25, 0.3) is 5.56 Å². The Hall–Kier alpha value is -3.91. The van der Waals surface area contributed by atoms with E-state index in [0.717, 1.165) is 11.1 Å². The largest absolute Gasteiger partial charge is 0.508 e. The number of esters is 1. The number of aromatic hydroxyl groups is 1. The number of carbonyl (C=O) groups is 1. The minimum atomic E-state index is -0.689. The van der Waals surface area contributed by atoms with Crippen molar-refractivity contribution in [2.45, 2.75) is 19.9 Å². The lowest BCUT2D eigenvalue weighted by Gasteiger charge is -2.24. The van der Waals surface area contributed by atoms with Crippen molar-refractivity contribution in [1.29, 1.82) is 0 Å². The highest BCUT2D eigenvalue weighted by molar-refractivity contribution is 7.07. The van der Waals surface area contributed by atoms with E-state index in [1.807, 2.05) is 12.1 Å². The van der Waals surface area contributed by atoms with Gasteiger partial charge in [-0.25, -0.2) is 9.79 Å². The van der Waals surface area contributed by atoms with Gasteiger partial charge in [0.05, 0.1) is 28.5 Å². The van der Waals surface area contributed by atoms with E-state index in [2.05, 4.69) is 11.6 Å². The number of carbonyl (C=O) groups excluding carboxylic acids is 1. The van der Waals surface area contributed by atoms with Crippen LogP contribution in [0.25, 0.3) is 6.08 Å². The molecule has 7 nitrogen and oxygen atoms in total. The summed E-state index contributed by atoms with van der Waals surface area (Å²) in [5.74, 6) is 0.296. The first kappa shape index (κ1) is 23.3. The van der Waals surface area contributed by atoms with Crippen LogP contribution in [-0.2, 0) is 9.53 Å². The van der Waals surface area contributed by atoms with E-state index in [1.54, 1.807) is 62.4 Å². The highest BCUT2D eigenvalue weighted by Gasteiger charge is 2.33. The minimum Gasteiger partial charge on any atom is -0.508 e. The molecule has 0 amide bonds. The minimum absolute atomic E-state index is 0.147. The highest BCUT2D eigenvalue weighted by Crippen LogP contribution is 2.31. The molecule has 0 bridgehead atoms. The van der Waals surface area contributed by atoms with Crippen LogP contribution in [0.15, 0.2) is 82.2 Å². The lowest BCUT2D eigenvalue weighted by atomic mass is 9.96. The van der Waals surface area contributed by atoms with Gasteiger partial charge in [-0.15, -0.1) is 0 Å². The molecule has 0 radical (unpaired) electrons.